The molecule has 2 saturated carbocycles. The first-order valence-corrected chi connectivity index (χ1v) is 12.0. The summed E-state index contributed by atoms with van der Waals surface area (Å²) in [7, 11) is 0. The van der Waals surface area contributed by atoms with Crippen LogP contribution in [0.2, 0.25) is 5.02 Å². The van der Waals surface area contributed by atoms with Crippen LogP contribution < -0.4 is 10.3 Å². The van der Waals surface area contributed by atoms with Crippen LogP contribution in [0.4, 0.5) is 0 Å². The van der Waals surface area contributed by atoms with Gasteiger partial charge in [0.2, 0.25) is 0 Å². The molecule has 0 unspecified atom stereocenters. The summed E-state index contributed by atoms with van der Waals surface area (Å²) >= 11 is 6.56. The van der Waals surface area contributed by atoms with Gasteiger partial charge in [-0.25, -0.2) is 9.48 Å². The van der Waals surface area contributed by atoms with E-state index < -0.39 is 5.97 Å². The highest BCUT2D eigenvalue weighted by molar-refractivity contribution is 6.32. The van der Waals surface area contributed by atoms with Gasteiger partial charge < -0.3 is 14.8 Å². The summed E-state index contributed by atoms with van der Waals surface area (Å²) in [6.45, 7) is 0.0348. The molecule has 5 rings (SSSR count). The fourth-order valence-corrected chi connectivity index (χ4v) is 4.76. The Hall–Kier alpha value is -3.32. The number of benzene rings is 1. The van der Waals surface area contributed by atoms with E-state index in [0.29, 0.717) is 22.6 Å². The molecular formula is C26H26ClN3O4. The summed E-state index contributed by atoms with van der Waals surface area (Å²) in [4.78, 5) is 26.8. The van der Waals surface area contributed by atoms with Gasteiger partial charge in [-0.15, -0.1) is 0 Å². The van der Waals surface area contributed by atoms with E-state index in [2.05, 4.69) is 16.2 Å². The molecule has 7 nitrogen and oxygen atoms in total. The third-order valence-electron chi connectivity index (χ3n) is 6.52. The van der Waals surface area contributed by atoms with E-state index in [1.807, 2.05) is 24.3 Å². The van der Waals surface area contributed by atoms with Crippen molar-refractivity contribution in [1.82, 2.24) is 14.8 Å². The van der Waals surface area contributed by atoms with Gasteiger partial charge in [0.15, 0.2) is 6.73 Å². The van der Waals surface area contributed by atoms with Crippen molar-refractivity contribution in [3.63, 3.8) is 0 Å². The lowest BCUT2D eigenvalue weighted by atomic mass is 9.95. The second-order valence-corrected chi connectivity index (χ2v) is 9.46. The third-order valence-corrected chi connectivity index (χ3v) is 6.82. The highest BCUT2D eigenvalue weighted by Crippen LogP contribution is 2.39. The third kappa shape index (κ3) is 4.94. The number of allylic oxidation sites excluding steroid dienone is 1. The molecule has 34 heavy (non-hydrogen) atoms. The molecule has 1 aromatic carbocycles. The maximum absolute atomic E-state index is 12.7. The Kier molecular flexibility index (Phi) is 6.28. The topological polar surface area (TPSA) is 97.2 Å². The Balaban J connectivity index is 1.40. The summed E-state index contributed by atoms with van der Waals surface area (Å²) in [6, 6.07) is 9.53. The number of aromatic carboxylic acids is 1. The van der Waals surface area contributed by atoms with Crippen LogP contribution in [0.1, 0.15) is 71.6 Å². The molecule has 2 aliphatic carbocycles. The first-order chi connectivity index (χ1) is 16.5. The Morgan fingerprint density at radius 3 is 2.62 bits per heavy atom. The maximum atomic E-state index is 12.7. The van der Waals surface area contributed by atoms with Crippen LogP contribution in [0, 0.1) is 5.92 Å². The van der Waals surface area contributed by atoms with Crippen LogP contribution in [0.5, 0.6) is 5.75 Å². The average molecular weight is 480 g/mol. The Morgan fingerprint density at radius 2 is 1.97 bits per heavy atom. The molecule has 2 N–H and O–H groups in total. The van der Waals surface area contributed by atoms with Gasteiger partial charge in [-0.05, 0) is 61.3 Å². The van der Waals surface area contributed by atoms with Gasteiger partial charge in [0, 0.05) is 23.0 Å². The van der Waals surface area contributed by atoms with Crippen LogP contribution in [0.25, 0.3) is 5.57 Å². The molecule has 0 radical (unpaired) electrons. The molecule has 3 aromatic rings. The van der Waals surface area contributed by atoms with E-state index in [0.717, 1.165) is 48.1 Å². The minimum atomic E-state index is -1.04. The highest BCUT2D eigenvalue weighted by atomic mass is 35.5. The number of aromatic nitrogens is 3. The second-order valence-electron chi connectivity index (χ2n) is 9.05. The zero-order chi connectivity index (χ0) is 23.7. The molecule has 0 spiro atoms. The van der Waals surface area contributed by atoms with E-state index in [1.54, 1.807) is 6.07 Å². The molecule has 0 amide bonds. The quantitative estimate of drug-likeness (QED) is 0.447. The SMILES string of the molecule is O=C(O)c1cnn(COc2ccc(/C(=C\C3CCCC3)c3ccc(C4CC4)c(=O)[nH]3)cc2Cl)c1. The van der Waals surface area contributed by atoms with Crippen LogP contribution in [0.3, 0.4) is 0 Å². The van der Waals surface area contributed by atoms with Gasteiger partial charge in [0.25, 0.3) is 5.56 Å². The van der Waals surface area contributed by atoms with Crippen molar-refractivity contribution in [2.24, 2.45) is 5.92 Å². The number of nitrogens with one attached hydrogen (secondary N) is 1. The van der Waals surface area contributed by atoms with Crippen LogP contribution in [-0.4, -0.2) is 25.8 Å². The molecule has 0 atom stereocenters. The summed E-state index contributed by atoms with van der Waals surface area (Å²) in [5.74, 6) is 0.292. The number of carboxylic acid groups (broad SMARTS) is 1. The van der Waals surface area contributed by atoms with E-state index in [4.69, 9.17) is 21.4 Å². The van der Waals surface area contributed by atoms with Crippen molar-refractivity contribution in [2.75, 3.05) is 0 Å². The number of H-pyrrole nitrogens is 1. The number of aromatic amines is 1. The number of nitrogens with zero attached hydrogens (tertiary/aromatic N) is 2. The lowest BCUT2D eigenvalue weighted by Crippen LogP contribution is -2.13. The van der Waals surface area contributed by atoms with Crippen LogP contribution in [-0.2, 0) is 6.73 Å². The second kappa shape index (κ2) is 9.50. The molecule has 0 saturated heterocycles. The van der Waals surface area contributed by atoms with Crippen LogP contribution >= 0.6 is 11.6 Å². The Bertz CT molecular complexity index is 1300. The molecule has 2 heterocycles. The number of hydrogen-bond acceptors (Lipinski definition) is 4. The fourth-order valence-electron chi connectivity index (χ4n) is 4.52. The van der Waals surface area contributed by atoms with Crippen molar-refractivity contribution in [3.8, 4) is 5.75 Å². The standard InChI is InChI=1S/C26H26ClN3O4/c27-22-12-18(7-10-24(22)34-15-30-14-19(13-28-30)26(32)33)21(11-16-3-1-2-4-16)23-9-8-20(17-5-6-17)25(31)29-23/h7-14,16-17H,1-6,15H2,(H,29,31)(H,32,33)/b21-11+. The first kappa shape index (κ1) is 22.5. The lowest BCUT2D eigenvalue weighted by molar-refractivity contribution is 0.0696. The van der Waals surface area contributed by atoms with Gasteiger partial charge in [0.05, 0.1) is 16.8 Å². The number of carbonyl (C=O) groups is 1. The average Bonchev–Trinajstić information content (AvgIpc) is 3.30. The van der Waals surface area contributed by atoms with E-state index in [1.165, 1.54) is 29.9 Å². The summed E-state index contributed by atoms with van der Waals surface area (Å²) in [5.41, 5.74) is 3.63. The minimum absolute atomic E-state index is 0.0108. The molecule has 176 valence electrons. The van der Waals surface area contributed by atoms with Gasteiger partial charge in [0.1, 0.15) is 5.75 Å². The lowest BCUT2D eigenvalue weighted by Gasteiger charge is -2.14. The maximum Gasteiger partial charge on any atom is 0.338 e. The number of halogens is 1. The predicted molar refractivity (Wildman–Crippen MR) is 129 cm³/mol. The van der Waals surface area contributed by atoms with Crippen molar-refractivity contribution in [3.05, 3.63) is 86.6 Å². The van der Waals surface area contributed by atoms with Crippen molar-refractivity contribution in [1.29, 1.82) is 0 Å². The predicted octanol–water partition coefficient (Wildman–Crippen LogP) is 5.46. The molecule has 0 aliphatic heterocycles. The van der Waals surface area contributed by atoms with Crippen molar-refractivity contribution in [2.45, 2.75) is 51.2 Å². The number of carboxylic acids is 1. The Morgan fingerprint density at radius 1 is 1.18 bits per heavy atom. The molecule has 2 aromatic heterocycles. The van der Waals surface area contributed by atoms with E-state index >= 15 is 0 Å². The van der Waals surface area contributed by atoms with Crippen molar-refractivity contribution >= 4 is 23.1 Å². The normalized spacial score (nSPS) is 16.7. The van der Waals surface area contributed by atoms with Gasteiger partial charge >= 0.3 is 5.97 Å². The van der Waals surface area contributed by atoms with Gasteiger partial charge in [-0.3, -0.25) is 4.79 Å². The van der Waals surface area contributed by atoms with Gasteiger partial charge in [-0.1, -0.05) is 42.7 Å². The minimum Gasteiger partial charge on any atom is -0.478 e. The number of rotatable bonds is 8. The zero-order valence-electron chi connectivity index (χ0n) is 18.7. The first-order valence-electron chi connectivity index (χ1n) is 11.6. The molecule has 2 fully saturated rings. The summed E-state index contributed by atoms with van der Waals surface area (Å²) in [5, 5.41) is 13.4. The monoisotopic (exact) mass is 479 g/mol. The Labute approximate surface area is 202 Å². The summed E-state index contributed by atoms with van der Waals surface area (Å²) < 4.78 is 7.15. The summed E-state index contributed by atoms with van der Waals surface area (Å²) in [6.07, 6.45) is 11.8. The molecule has 8 heteroatoms. The van der Waals surface area contributed by atoms with Gasteiger partial charge in [-0.2, -0.15) is 5.10 Å². The highest BCUT2D eigenvalue weighted by Gasteiger charge is 2.26. The number of pyridine rings is 1. The van der Waals surface area contributed by atoms with Crippen molar-refractivity contribution < 1.29 is 14.6 Å². The number of ether oxygens (including phenoxy) is 1. The van der Waals surface area contributed by atoms with E-state index in [-0.39, 0.29) is 17.9 Å². The van der Waals surface area contributed by atoms with E-state index in [9.17, 15) is 9.59 Å². The smallest absolute Gasteiger partial charge is 0.338 e. The molecule has 2 aliphatic rings. The van der Waals surface area contributed by atoms with Crippen LogP contribution in [0.15, 0.2) is 53.6 Å². The zero-order valence-corrected chi connectivity index (χ0v) is 19.4. The molecule has 0 bridgehead atoms. The molecular weight excluding hydrogens is 454 g/mol. The fraction of sp³-hybridized carbons (Fsp3) is 0.346. The largest absolute Gasteiger partial charge is 0.478 e. The number of hydrogen-bond donors (Lipinski definition) is 2.